The third-order valence-electron chi connectivity index (χ3n) is 3.82. The molecule has 1 aromatic rings. The summed E-state index contributed by atoms with van der Waals surface area (Å²) in [5, 5.41) is 9.41. The molecule has 1 fully saturated rings. The van der Waals surface area contributed by atoms with Crippen LogP contribution >= 0.6 is 11.6 Å². The number of nitrogens with zero attached hydrogens (tertiary/aromatic N) is 1. The zero-order valence-corrected chi connectivity index (χ0v) is 13.3. The van der Waals surface area contributed by atoms with Crippen LogP contribution in [0.15, 0.2) is 24.3 Å². The lowest BCUT2D eigenvalue weighted by atomic mass is 10.1. The number of likely N-dealkylation sites (tertiary alicyclic amines) is 1. The normalized spacial score (nSPS) is 19.0. The van der Waals surface area contributed by atoms with Gasteiger partial charge in [0.05, 0.1) is 11.4 Å². The highest BCUT2D eigenvalue weighted by molar-refractivity contribution is 6.32. The highest BCUT2D eigenvalue weighted by Gasteiger charge is 2.34. The van der Waals surface area contributed by atoms with Crippen molar-refractivity contribution >= 4 is 23.5 Å². The number of hydrogen-bond acceptors (Lipinski definition) is 3. The van der Waals surface area contributed by atoms with Gasteiger partial charge in [-0.3, -0.25) is 9.59 Å². The van der Waals surface area contributed by atoms with Crippen molar-refractivity contribution in [1.29, 1.82) is 0 Å². The monoisotopic (exact) mass is 325 g/mol. The first-order valence-corrected chi connectivity index (χ1v) is 7.84. The van der Waals surface area contributed by atoms with E-state index in [2.05, 4.69) is 0 Å². The minimum Gasteiger partial charge on any atom is -0.481 e. The molecule has 6 heteroatoms. The van der Waals surface area contributed by atoms with Crippen LogP contribution in [0.5, 0.6) is 5.75 Å². The quantitative estimate of drug-likeness (QED) is 0.873. The largest absolute Gasteiger partial charge is 0.481 e. The van der Waals surface area contributed by atoms with Gasteiger partial charge in [0.2, 0.25) is 0 Å². The van der Waals surface area contributed by atoms with Crippen molar-refractivity contribution in [3.63, 3.8) is 0 Å². The fourth-order valence-electron chi connectivity index (χ4n) is 2.73. The summed E-state index contributed by atoms with van der Waals surface area (Å²) in [6.07, 6.45) is 1.38. The number of rotatable bonds is 6. The van der Waals surface area contributed by atoms with E-state index in [0.29, 0.717) is 23.7 Å². The summed E-state index contributed by atoms with van der Waals surface area (Å²) in [7, 11) is 0. The lowest BCUT2D eigenvalue weighted by molar-refractivity contribution is -0.143. The molecule has 0 bridgehead atoms. The van der Waals surface area contributed by atoms with Crippen molar-refractivity contribution in [2.24, 2.45) is 0 Å². The second-order valence-corrected chi connectivity index (χ2v) is 5.78. The zero-order chi connectivity index (χ0) is 16.1. The summed E-state index contributed by atoms with van der Waals surface area (Å²) in [4.78, 5) is 25.2. The van der Waals surface area contributed by atoms with E-state index in [1.807, 2.05) is 6.92 Å². The number of halogens is 1. The third kappa shape index (κ3) is 3.91. The predicted molar refractivity (Wildman–Crippen MR) is 83.1 cm³/mol. The molecule has 1 amide bonds. The molecule has 0 spiro atoms. The Labute approximate surface area is 134 Å². The fraction of sp³-hybridized carbons (Fsp3) is 0.500. The van der Waals surface area contributed by atoms with Crippen molar-refractivity contribution in [3.05, 3.63) is 29.3 Å². The number of carboxylic acid groups (broad SMARTS) is 1. The molecular formula is C16H20ClNO4. The van der Waals surface area contributed by atoms with Crippen LogP contribution in [0, 0.1) is 0 Å². The number of carboxylic acids is 1. The van der Waals surface area contributed by atoms with E-state index in [-0.39, 0.29) is 18.4 Å². The molecule has 2 rings (SSSR count). The van der Waals surface area contributed by atoms with Gasteiger partial charge in [-0.2, -0.15) is 0 Å². The van der Waals surface area contributed by atoms with Crippen LogP contribution in [0.2, 0.25) is 5.02 Å². The van der Waals surface area contributed by atoms with E-state index in [1.54, 1.807) is 29.2 Å². The van der Waals surface area contributed by atoms with E-state index in [1.165, 1.54) is 0 Å². The highest BCUT2D eigenvalue weighted by atomic mass is 35.5. The number of hydrogen-bond donors (Lipinski definition) is 1. The van der Waals surface area contributed by atoms with Gasteiger partial charge in [0, 0.05) is 12.6 Å². The minimum atomic E-state index is -0.884. The number of benzene rings is 1. The Kier molecular flexibility index (Phi) is 5.66. The van der Waals surface area contributed by atoms with E-state index >= 15 is 0 Å². The second kappa shape index (κ2) is 7.49. The van der Waals surface area contributed by atoms with Gasteiger partial charge in [-0.1, -0.05) is 30.7 Å². The Morgan fingerprint density at radius 3 is 2.82 bits per heavy atom. The third-order valence-corrected chi connectivity index (χ3v) is 4.13. The lowest BCUT2D eigenvalue weighted by Gasteiger charge is -2.28. The summed E-state index contributed by atoms with van der Waals surface area (Å²) in [6.45, 7) is 2.45. The van der Waals surface area contributed by atoms with Crippen LogP contribution in [0.25, 0.3) is 0 Å². The first kappa shape index (κ1) is 16.6. The molecule has 0 radical (unpaired) electrons. The van der Waals surface area contributed by atoms with Gasteiger partial charge >= 0.3 is 5.97 Å². The van der Waals surface area contributed by atoms with Crippen molar-refractivity contribution < 1.29 is 19.4 Å². The van der Waals surface area contributed by atoms with Gasteiger partial charge in [0.25, 0.3) is 5.91 Å². The molecule has 22 heavy (non-hydrogen) atoms. The van der Waals surface area contributed by atoms with Gasteiger partial charge in [-0.05, 0) is 31.4 Å². The van der Waals surface area contributed by atoms with Crippen LogP contribution < -0.4 is 4.74 Å². The Bertz CT molecular complexity index is 549. The minimum absolute atomic E-state index is 0.0196. The van der Waals surface area contributed by atoms with E-state index in [4.69, 9.17) is 21.4 Å². The molecule has 0 aromatic heterocycles. The van der Waals surface area contributed by atoms with Crippen LogP contribution in [-0.4, -0.2) is 40.6 Å². The van der Waals surface area contributed by atoms with Crippen LogP contribution in [0.4, 0.5) is 0 Å². The summed E-state index contributed by atoms with van der Waals surface area (Å²) in [5.41, 5.74) is 0. The van der Waals surface area contributed by atoms with Crippen LogP contribution in [0.3, 0.4) is 0 Å². The van der Waals surface area contributed by atoms with E-state index < -0.39 is 12.1 Å². The van der Waals surface area contributed by atoms with Crippen LogP contribution in [0.1, 0.15) is 32.6 Å². The average molecular weight is 326 g/mol. The molecule has 1 N–H and O–H groups in total. The second-order valence-electron chi connectivity index (χ2n) is 5.37. The molecule has 2 unspecified atom stereocenters. The number of carbonyl (C=O) groups excluding carboxylic acids is 1. The topological polar surface area (TPSA) is 66.8 Å². The maximum absolute atomic E-state index is 12.6. The summed E-state index contributed by atoms with van der Waals surface area (Å²) >= 11 is 6.06. The number of amides is 1. The van der Waals surface area contributed by atoms with Gasteiger partial charge in [-0.25, -0.2) is 0 Å². The Morgan fingerprint density at radius 1 is 1.45 bits per heavy atom. The Balaban J connectivity index is 2.08. The molecule has 5 nitrogen and oxygen atoms in total. The fourth-order valence-corrected chi connectivity index (χ4v) is 2.91. The van der Waals surface area contributed by atoms with Crippen molar-refractivity contribution in [2.45, 2.75) is 44.8 Å². The average Bonchev–Trinajstić information content (AvgIpc) is 2.93. The molecule has 1 saturated heterocycles. The van der Waals surface area contributed by atoms with E-state index in [0.717, 1.165) is 12.8 Å². The number of carbonyl (C=O) groups is 2. The molecule has 2 atom stereocenters. The predicted octanol–water partition coefficient (Wildman–Crippen LogP) is 2.96. The summed E-state index contributed by atoms with van der Waals surface area (Å²) in [6, 6.07) is 6.77. The van der Waals surface area contributed by atoms with Crippen LogP contribution in [-0.2, 0) is 9.59 Å². The SMILES string of the molecule is CCC(Oc1ccccc1Cl)C(=O)N1CCCC1CC(=O)O. The first-order valence-electron chi connectivity index (χ1n) is 7.46. The lowest BCUT2D eigenvalue weighted by Crippen LogP contribution is -2.44. The molecular weight excluding hydrogens is 306 g/mol. The zero-order valence-electron chi connectivity index (χ0n) is 12.5. The van der Waals surface area contributed by atoms with Gasteiger partial charge < -0.3 is 14.7 Å². The molecule has 120 valence electrons. The summed E-state index contributed by atoms with van der Waals surface area (Å²) in [5.74, 6) is -0.575. The molecule has 1 aliphatic rings. The van der Waals surface area contributed by atoms with Crippen molar-refractivity contribution in [2.75, 3.05) is 6.54 Å². The van der Waals surface area contributed by atoms with E-state index in [9.17, 15) is 9.59 Å². The van der Waals surface area contributed by atoms with Gasteiger partial charge in [-0.15, -0.1) is 0 Å². The van der Waals surface area contributed by atoms with Gasteiger partial charge in [0.15, 0.2) is 6.10 Å². The maximum Gasteiger partial charge on any atom is 0.305 e. The molecule has 0 saturated carbocycles. The Morgan fingerprint density at radius 2 is 2.18 bits per heavy atom. The number of ether oxygens (including phenoxy) is 1. The summed E-state index contributed by atoms with van der Waals surface area (Å²) < 4.78 is 5.75. The molecule has 0 aliphatic carbocycles. The first-order chi connectivity index (χ1) is 10.5. The molecule has 1 heterocycles. The molecule has 1 aromatic carbocycles. The maximum atomic E-state index is 12.6. The Hall–Kier alpha value is -1.75. The smallest absolute Gasteiger partial charge is 0.305 e. The molecule has 1 aliphatic heterocycles. The standard InChI is InChI=1S/C16H20ClNO4/c1-2-13(22-14-8-4-3-7-12(14)17)16(21)18-9-5-6-11(18)10-15(19)20/h3-4,7-8,11,13H,2,5-6,9-10H2,1H3,(H,19,20). The highest BCUT2D eigenvalue weighted by Crippen LogP contribution is 2.27. The van der Waals surface area contributed by atoms with Crippen molar-refractivity contribution in [3.8, 4) is 5.75 Å². The van der Waals surface area contributed by atoms with Crippen molar-refractivity contribution in [1.82, 2.24) is 4.90 Å². The number of para-hydroxylation sites is 1. The van der Waals surface area contributed by atoms with Gasteiger partial charge in [0.1, 0.15) is 5.75 Å². The number of aliphatic carboxylic acids is 1.